The van der Waals surface area contributed by atoms with Crippen molar-refractivity contribution < 1.29 is 38.3 Å². The Morgan fingerprint density at radius 1 is 1.70 bits per heavy atom. The molecule has 0 amide bonds. The van der Waals surface area contributed by atoms with Crippen LogP contribution in [0.15, 0.2) is 15.2 Å². The molecule has 4 nitrogen and oxygen atoms in total. The van der Waals surface area contributed by atoms with Gasteiger partial charge in [0.05, 0.1) is 4.21 Å². The molecule has 0 saturated carbocycles. The summed E-state index contributed by atoms with van der Waals surface area (Å²) in [7, 11) is 0. The number of hydrogen-bond acceptors (Lipinski definition) is 4. The molecule has 1 rings (SSSR count). The number of aromatic nitrogens is 1. The van der Waals surface area contributed by atoms with E-state index in [1.165, 1.54) is 0 Å². The number of rotatable bonds is 1. The van der Waals surface area contributed by atoms with E-state index in [4.69, 9.17) is 0 Å². The van der Waals surface area contributed by atoms with Crippen LogP contribution in [0.4, 0.5) is 0 Å². The van der Waals surface area contributed by atoms with Gasteiger partial charge >= 0.3 is 34.4 Å². The Kier molecular flexibility index (Phi) is 4.66. The minimum Gasteiger partial charge on any atom is -0.768 e. The summed E-state index contributed by atoms with van der Waals surface area (Å²) in [6.07, 6.45) is 1.16. The van der Waals surface area contributed by atoms with Crippen molar-refractivity contribution in [2.75, 3.05) is 0 Å². The second-order valence-electron chi connectivity index (χ2n) is 1.23. The van der Waals surface area contributed by atoms with E-state index in [-0.39, 0.29) is 38.6 Å². The molecule has 1 heterocycles. The Balaban J connectivity index is 0.000000810. The van der Waals surface area contributed by atoms with E-state index in [9.17, 15) is 13.6 Å². The molecule has 0 bridgehead atoms. The van der Waals surface area contributed by atoms with Gasteiger partial charge in [0, 0.05) is 6.20 Å². The smallest absolute Gasteiger partial charge is 0.768 e. The first-order chi connectivity index (χ1) is 4.20. The zero-order chi connectivity index (χ0) is 6.85. The molecule has 1 unspecified atom stereocenters. The largest absolute Gasteiger partial charge is 1.00 e. The summed E-state index contributed by atoms with van der Waals surface area (Å²) in [5, 5.41) is 0. The number of thiazole rings is 1. The van der Waals surface area contributed by atoms with E-state index in [0.717, 1.165) is 6.20 Å². The summed E-state index contributed by atoms with van der Waals surface area (Å²) in [4.78, 5) is 12.2. The van der Waals surface area contributed by atoms with Gasteiger partial charge in [0.15, 0.2) is 0 Å². The van der Waals surface area contributed by atoms with Crippen LogP contribution < -0.4 is 34.4 Å². The monoisotopic (exact) mass is 187 g/mol. The van der Waals surface area contributed by atoms with Gasteiger partial charge in [-0.15, -0.1) is 0 Å². The zero-order valence-corrected chi connectivity index (χ0v) is 8.75. The molecule has 0 saturated heterocycles. The molecule has 0 aliphatic heterocycles. The van der Waals surface area contributed by atoms with E-state index < -0.39 is 11.1 Å². The second kappa shape index (κ2) is 4.42. The van der Waals surface area contributed by atoms with Gasteiger partial charge in [-0.2, -0.15) is 0 Å². The van der Waals surface area contributed by atoms with Crippen molar-refractivity contribution in [2.45, 2.75) is 4.21 Å². The molecule has 1 aromatic rings. The van der Waals surface area contributed by atoms with Crippen molar-refractivity contribution in [3.05, 3.63) is 15.9 Å². The fraction of sp³-hybridized carbons (Fsp3) is 0. The normalized spacial score (nSPS) is 12.1. The maximum Gasteiger partial charge on any atom is 1.00 e. The van der Waals surface area contributed by atoms with Crippen LogP contribution in [0.2, 0.25) is 0 Å². The van der Waals surface area contributed by atoms with Gasteiger partial charge in [0.1, 0.15) is 0 Å². The number of nitrogens with one attached hydrogen (secondary N) is 1. The molecule has 0 aliphatic rings. The van der Waals surface area contributed by atoms with Crippen molar-refractivity contribution in [3.8, 4) is 0 Å². The third kappa shape index (κ3) is 2.65. The van der Waals surface area contributed by atoms with E-state index in [0.29, 0.717) is 11.3 Å². The SMILES string of the molecule is O=c1[nH]cc(S(=O)[O-])s1.[Na+]. The molecule has 10 heavy (non-hydrogen) atoms. The Bertz CT molecular complexity index is 279. The third-order valence-electron chi connectivity index (χ3n) is 0.665. The molecule has 1 N–H and O–H groups in total. The summed E-state index contributed by atoms with van der Waals surface area (Å²) in [5.74, 6) is 0. The van der Waals surface area contributed by atoms with Crippen LogP contribution in [0.3, 0.4) is 0 Å². The van der Waals surface area contributed by atoms with Crippen LogP contribution in [0.25, 0.3) is 0 Å². The Hall–Kier alpha value is 0.540. The fourth-order valence-electron chi connectivity index (χ4n) is 0.350. The maximum absolute atomic E-state index is 10.3. The van der Waals surface area contributed by atoms with Crippen molar-refractivity contribution >= 4 is 22.4 Å². The minimum absolute atomic E-state index is 0. The molecule has 0 radical (unpaired) electrons. The predicted molar refractivity (Wildman–Crippen MR) is 32.1 cm³/mol. The van der Waals surface area contributed by atoms with Gasteiger partial charge < -0.3 is 9.54 Å². The van der Waals surface area contributed by atoms with Gasteiger partial charge in [0.2, 0.25) is 0 Å². The molecule has 0 aromatic carbocycles. The van der Waals surface area contributed by atoms with E-state index in [2.05, 4.69) is 4.98 Å². The van der Waals surface area contributed by atoms with Gasteiger partial charge in [-0.1, -0.05) is 11.3 Å². The first-order valence-corrected chi connectivity index (χ1v) is 3.87. The molecule has 0 aliphatic carbocycles. The number of hydrogen-bond donors (Lipinski definition) is 1. The molecule has 7 heteroatoms. The van der Waals surface area contributed by atoms with Crippen LogP contribution in [0.5, 0.6) is 0 Å². The Labute approximate surface area is 85.2 Å². The van der Waals surface area contributed by atoms with Gasteiger partial charge in [-0.25, -0.2) is 0 Å². The van der Waals surface area contributed by atoms with Crippen molar-refractivity contribution in [1.82, 2.24) is 4.98 Å². The van der Waals surface area contributed by atoms with Crippen LogP contribution in [-0.2, 0) is 11.1 Å². The standard InChI is InChI=1S/C3H3NO3S2.Na/c5-3-4-1-2(8-3)9(6)7;/h1H,(H,4,5)(H,6,7);/q;+1/p-1. The van der Waals surface area contributed by atoms with Gasteiger partial charge in [-0.3, -0.25) is 9.00 Å². The first kappa shape index (κ1) is 10.5. The van der Waals surface area contributed by atoms with Crippen molar-refractivity contribution in [3.63, 3.8) is 0 Å². The number of H-pyrrole nitrogens is 1. The molecule has 1 aromatic heterocycles. The Morgan fingerprint density at radius 2 is 2.30 bits per heavy atom. The van der Waals surface area contributed by atoms with Crippen molar-refractivity contribution in [2.24, 2.45) is 0 Å². The first-order valence-electron chi connectivity index (χ1n) is 1.98. The van der Waals surface area contributed by atoms with Gasteiger partial charge in [-0.05, 0) is 11.1 Å². The summed E-state index contributed by atoms with van der Waals surface area (Å²) in [5.41, 5.74) is 0. The minimum atomic E-state index is -2.27. The van der Waals surface area contributed by atoms with Crippen LogP contribution in [-0.4, -0.2) is 13.7 Å². The maximum atomic E-state index is 10.3. The molecule has 0 spiro atoms. The van der Waals surface area contributed by atoms with Crippen LogP contribution >= 0.6 is 11.3 Å². The van der Waals surface area contributed by atoms with E-state index in [1.807, 2.05) is 0 Å². The molecule has 1 atom stereocenters. The topological polar surface area (TPSA) is 73.0 Å². The average molecular weight is 187 g/mol. The molecular formula is C3H2NNaO3S2. The molecule has 50 valence electrons. The second-order valence-corrected chi connectivity index (χ2v) is 3.41. The molecule has 0 fully saturated rings. The zero-order valence-electron chi connectivity index (χ0n) is 5.12. The summed E-state index contributed by atoms with van der Waals surface area (Å²) in [6, 6.07) is 0. The fourth-order valence-corrected chi connectivity index (χ4v) is 1.42. The predicted octanol–water partition coefficient (Wildman–Crippen LogP) is -3.32. The summed E-state index contributed by atoms with van der Waals surface area (Å²) >= 11 is -1.60. The van der Waals surface area contributed by atoms with Crippen LogP contribution in [0.1, 0.15) is 0 Å². The van der Waals surface area contributed by atoms with E-state index in [1.54, 1.807) is 0 Å². The summed E-state index contributed by atoms with van der Waals surface area (Å²) in [6.45, 7) is 0. The van der Waals surface area contributed by atoms with Gasteiger partial charge in [0.25, 0.3) is 0 Å². The van der Waals surface area contributed by atoms with E-state index >= 15 is 0 Å². The average Bonchev–Trinajstić information content (AvgIpc) is 2.14. The quantitative estimate of drug-likeness (QED) is 0.369. The molecular weight excluding hydrogens is 185 g/mol. The van der Waals surface area contributed by atoms with Crippen LogP contribution in [0, 0.1) is 0 Å². The summed E-state index contributed by atoms with van der Waals surface area (Å²) < 4.78 is 20.2. The Morgan fingerprint density at radius 3 is 2.50 bits per heavy atom. The third-order valence-corrected chi connectivity index (χ3v) is 2.39. The number of aromatic amines is 1. The van der Waals surface area contributed by atoms with Crippen molar-refractivity contribution in [1.29, 1.82) is 0 Å².